The minimum absolute atomic E-state index is 0.0832. The molecular formula is C14H22N2O2. The molecule has 4 nitrogen and oxygen atoms in total. The van der Waals surface area contributed by atoms with Crippen molar-refractivity contribution in [2.75, 3.05) is 12.4 Å². The van der Waals surface area contributed by atoms with E-state index in [1.807, 2.05) is 39.0 Å². The van der Waals surface area contributed by atoms with E-state index in [1.54, 1.807) is 7.11 Å². The van der Waals surface area contributed by atoms with E-state index >= 15 is 0 Å². The van der Waals surface area contributed by atoms with Gasteiger partial charge in [0.2, 0.25) is 5.91 Å². The zero-order valence-electron chi connectivity index (χ0n) is 11.5. The first-order valence-corrected chi connectivity index (χ1v) is 6.14. The van der Waals surface area contributed by atoms with Crippen molar-refractivity contribution in [1.82, 2.24) is 0 Å². The molecule has 1 atom stereocenters. The number of amides is 1. The van der Waals surface area contributed by atoms with E-state index < -0.39 is 0 Å². The maximum Gasteiger partial charge on any atom is 0.226 e. The molecule has 0 aliphatic carbocycles. The number of aryl methyl sites for hydroxylation is 1. The van der Waals surface area contributed by atoms with Crippen LogP contribution in [0.25, 0.3) is 0 Å². The van der Waals surface area contributed by atoms with Crippen molar-refractivity contribution < 1.29 is 9.53 Å². The van der Waals surface area contributed by atoms with Crippen molar-refractivity contribution in [3.05, 3.63) is 23.8 Å². The first kappa shape index (κ1) is 14.5. The van der Waals surface area contributed by atoms with E-state index in [2.05, 4.69) is 5.32 Å². The van der Waals surface area contributed by atoms with Crippen molar-refractivity contribution in [2.24, 2.45) is 11.7 Å². The Labute approximate surface area is 109 Å². The largest absolute Gasteiger partial charge is 0.495 e. The Morgan fingerprint density at radius 2 is 2.11 bits per heavy atom. The Morgan fingerprint density at radius 3 is 2.67 bits per heavy atom. The lowest BCUT2D eigenvalue weighted by molar-refractivity contribution is -0.116. The van der Waals surface area contributed by atoms with Crippen LogP contribution in [0.3, 0.4) is 0 Å². The first-order chi connectivity index (χ1) is 8.43. The van der Waals surface area contributed by atoms with Gasteiger partial charge in [-0.1, -0.05) is 19.9 Å². The molecule has 0 saturated carbocycles. The molecule has 0 spiro atoms. The third-order valence-electron chi connectivity index (χ3n) is 2.91. The molecule has 0 bridgehead atoms. The van der Waals surface area contributed by atoms with Crippen LogP contribution in [0.5, 0.6) is 5.75 Å². The number of methoxy groups -OCH3 is 1. The van der Waals surface area contributed by atoms with Gasteiger partial charge in [-0.05, 0) is 30.5 Å². The second kappa shape index (κ2) is 6.40. The minimum Gasteiger partial charge on any atom is -0.495 e. The van der Waals surface area contributed by atoms with Gasteiger partial charge in [-0.3, -0.25) is 4.79 Å². The highest BCUT2D eigenvalue weighted by molar-refractivity contribution is 5.92. The van der Waals surface area contributed by atoms with Gasteiger partial charge in [0.15, 0.2) is 0 Å². The lowest BCUT2D eigenvalue weighted by Gasteiger charge is -2.16. The molecule has 0 aliphatic heterocycles. The van der Waals surface area contributed by atoms with Gasteiger partial charge in [0.25, 0.3) is 0 Å². The Bertz CT molecular complexity index is 416. The summed E-state index contributed by atoms with van der Waals surface area (Å²) in [6, 6.07) is 5.54. The van der Waals surface area contributed by atoms with E-state index in [9.17, 15) is 4.79 Å². The number of nitrogens with two attached hydrogens (primary N) is 1. The molecule has 100 valence electrons. The second-order valence-corrected chi connectivity index (χ2v) is 4.86. The number of rotatable bonds is 5. The number of benzene rings is 1. The second-order valence-electron chi connectivity index (χ2n) is 4.86. The summed E-state index contributed by atoms with van der Waals surface area (Å²) in [5.41, 5.74) is 7.64. The van der Waals surface area contributed by atoms with Crippen LogP contribution in [0.1, 0.15) is 25.8 Å². The zero-order valence-corrected chi connectivity index (χ0v) is 11.5. The van der Waals surface area contributed by atoms with Crippen molar-refractivity contribution in [3.63, 3.8) is 0 Å². The summed E-state index contributed by atoms with van der Waals surface area (Å²) in [7, 11) is 1.58. The summed E-state index contributed by atoms with van der Waals surface area (Å²) in [5.74, 6) is 0.863. The molecule has 1 rings (SSSR count). The number of ether oxygens (including phenoxy) is 1. The standard InChI is InChI=1S/C14H22N2O2/c1-9(2)11(15)8-14(17)16-12-7-10(3)5-6-13(12)18-4/h5-7,9,11H,8,15H2,1-4H3,(H,16,17). The Hall–Kier alpha value is -1.55. The van der Waals surface area contributed by atoms with Gasteiger partial charge in [-0.2, -0.15) is 0 Å². The molecule has 3 N–H and O–H groups in total. The van der Waals surface area contributed by atoms with Crippen molar-refractivity contribution in [1.29, 1.82) is 0 Å². The summed E-state index contributed by atoms with van der Waals surface area (Å²) in [4.78, 5) is 11.9. The predicted octanol–water partition coefficient (Wildman–Crippen LogP) is 2.32. The Balaban J connectivity index is 2.72. The average Bonchev–Trinajstić information content (AvgIpc) is 2.28. The number of nitrogens with one attached hydrogen (secondary N) is 1. The van der Waals surface area contributed by atoms with E-state index in [1.165, 1.54) is 0 Å². The van der Waals surface area contributed by atoms with Crippen LogP contribution in [0.2, 0.25) is 0 Å². The van der Waals surface area contributed by atoms with Crippen LogP contribution in [0.15, 0.2) is 18.2 Å². The molecule has 0 radical (unpaired) electrons. The van der Waals surface area contributed by atoms with Gasteiger partial charge in [0.1, 0.15) is 5.75 Å². The third-order valence-corrected chi connectivity index (χ3v) is 2.91. The molecule has 1 unspecified atom stereocenters. The van der Waals surface area contributed by atoms with Crippen LogP contribution in [0.4, 0.5) is 5.69 Å². The highest BCUT2D eigenvalue weighted by Crippen LogP contribution is 2.25. The van der Waals surface area contributed by atoms with Crippen LogP contribution >= 0.6 is 0 Å². The highest BCUT2D eigenvalue weighted by Gasteiger charge is 2.14. The number of carbonyl (C=O) groups is 1. The maximum atomic E-state index is 11.9. The van der Waals surface area contributed by atoms with Crippen molar-refractivity contribution in [3.8, 4) is 5.75 Å². The number of anilines is 1. The lowest BCUT2D eigenvalue weighted by atomic mass is 10.0. The summed E-state index contributed by atoms with van der Waals surface area (Å²) < 4.78 is 5.21. The highest BCUT2D eigenvalue weighted by atomic mass is 16.5. The van der Waals surface area contributed by atoms with Gasteiger partial charge in [0, 0.05) is 12.5 Å². The predicted molar refractivity (Wildman–Crippen MR) is 73.8 cm³/mol. The molecule has 1 aromatic rings. The summed E-state index contributed by atoms with van der Waals surface area (Å²) in [5, 5.41) is 2.84. The fourth-order valence-electron chi connectivity index (χ4n) is 1.57. The molecule has 1 aromatic carbocycles. The fraction of sp³-hybridized carbons (Fsp3) is 0.500. The molecular weight excluding hydrogens is 228 g/mol. The topological polar surface area (TPSA) is 64.3 Å². The van der Waals surface area contributed by atoms with Gasteiger partial charge in [0.05, 0.1) is 12.8 Å². The zero-order chi connectivity index (χ0) is 13.7. The summed E-state index contributed by atoms with van der Waals surface area (Å²) >= 11 is 0. The lowest BCUT2D eigenvalue weighted by Crippen LogP contribution is -2.31. The molecule has 0 saturated heterocycles. The molecule has 0 fully saturated rings. The van der Waals surface area contributed by atoms with Crippen LogP contribution in [-0.4, -0.2) is 19.1 Å². The minimum atomic E-state index is -0.124. The fourth-order valence-corrected chi connectivity index (χ4v) is 1.57. The van der Waals surface area contributed by atoms with Gasteiger partial charge in [-0.25, -0.2) is 0 Å². The van der Waals surface area contributed by atoms with Crippen molar-refractivity contribution in [2.45, 2.75) is 33.2 Å². The quantitative estimate of drug-likeness (QED) is 0.843. The molecule has 4 heteroatoms. The Morgan fingerprint density at radius 1 is 1.44 bits per heavy atom. The van der Waals surface area contributed by atoms with E-state index in [0.29, 0.717) is 17.9 Å². The first-order valence-electron chi connectivity index (χ1n) is 6.14. The molecule has 0 aliphatic rings. The smallest absolute Gasteiger partial charge is 0.226 e. The molecule has 0 aromatic heterocycles. The van der Waals surface area contributed by atoms with Crippen molar-refractivity contribution >= 4 is 11.6 Å². The normalized spacial score (nSPS) is 12.3. The van der Waals surface area contributed by atoms with E-state index in [-0.39, 0.29) is 17.9 Å². The van der Waals surface area contributed by atoms with E-state index in [0.717, 1.165) is 5.56 Å². The molecule has 1 amide bonds. The summed E-state index contributed by atoms with van der Waals surface area (Å²) in [6.45, 7) is 5.98. The molecule has 18 heavy (non-hydrogen) atoms. The number of hydrogen-bond donors (Lipinski definition) is 2. The maximum absolute atomic E-state index is 11.9. The molecule has 0 heterocycles. The van der Waals surface area contributed by atoms with Crippen LogP contribution in [0, 0.1) is 12.8 Å². The average molecular weight is 250 g/mol. The van der Waals surface area contributed by atoms with E-state index in [4.69, 9.17) is 10.5 Å². The van der Waals surface area contributed by atoms with Crippen LogP contribution in [-0.2, 0) is 4.79 Å². The van der Waals surface area contributed by atoms with Gasteiger partial charge < -0.3 is 15.8 Å². The number of carbonyl (C=O) groups excluding carboxylic acids is 1. The monoisotopic (exact) mass is 250 g/mol. The van der Waals surface area contributed by atoms with Crippen LogP contribution < -0.4 is 15.8 Å². The van der Waals surface area contributed by atoms with Gasteiger partial charge >= 0.3 is 0 Å². The third kappa shape index (κ3) is 4.04. The van der Waals surface area contributed by atoms with Gasteiger partial charge in [-0.15, -0.1) is 0 Å². The Kier molecular flexibility index (Phi) is 5.16. The summed E-state index contributed by atoms with van der Waals surface area (Å²) in [6.07, 6.45) is 0.314. The SMILES string of the molecule is COc1ccc(C)cc1NC(=O)CC(N)C(C)C. The number of hydrogen-bond acceptors (Lipinski definition) is 3.